The molecule has 1 aliphatic carbocycles. The van der Waals surface area contributed by atoms with E-state index in [1.807, 2.05) is 18.2 Å². The number of halogens is 1. The van der Waals surface area contributed by atoms with Crippen molar-refractivity contribution in [1.82, 2.24) is 5.32 Å². The standard InChI is InChI=1S/C28H30ClN3O/c1-2-3-9-21-25(20-11-6-7-12-23(20)29)24-19-10-5-4-8-18(19)17-22(24)27(26(21)28(30)33)32-15-13-31-14-16-32/h4-8,10-12,31H,2-3,9,13-17H2,1H3,(H2,30,33). The van der Waals surface area contributed by atoms with Gasteiger partial charge in [-0.2, -0.15) is 0 Å². The van der Waals surface area contributed by atoms with Crippen molar-refractivity contribution >= 4 is 23.2 Å². The van der Waals surface area contributed by atoms with E-state index >= 15 is 0 Å². The fourth-order valence-electron chi connectivity index (χ4n) is 5.48. The van der Waals surface area contributed by atoms with Gasteiger partial charge in [0.2, 0.25) is 0 Å². The summed E-state index contributed by atoms with van der Waals surface area (Å²) in [5.74, 6) is -0.346. The molecular weight excluding hydrogens is 430 g/mol. The minimum Gasteiger partial charge on any atom is -0.368 e. The van der Waals surface area contributed by atoms with Gasteiger partial charge in [-0.15, -0.1) is 0 Å². The van der Waals surface area contributed by atoms with E-state index < -0.39 is 0 Å². The van der Waals surface area contributed by atoms with Crippen LogP contribution in [0.5, 0.6) is 0 Å². The lowest BCUT2D eigenvalue weighted by Gasteiger charge is -2.34. The van der Waals surface area contributed by atoms with Crippen molar-refractivity contribution in [3.05, 3.63) is 75.8 Å². The number of hydrogen-bond donors (Lipinski definition) is 2. The quantitative estimate of drug-likeness (QED) is 0.404. The van der Waals surface area contributed by atoms with Crippen LogP contribution in [0.15, 0.2) is 48.5 Å². The Morgan fingerprint density at radius 3 is 2.42 bits per heavy atom. The first-order chi connectivity index (χ1) is 16.1. The summed E-state index contributed by atoms with van der Waals surface area (Å²) in [5, 5.41) is 4.14. The van der Waals surface area contributed by atoms with Crippen LogP contribution in [0.3, 0.4) is 0 Å². The molecule has 170 valence electrons. The highest BCUT2D eigenvalue weighted by Crippen LogP contribution is 2.52. The molecule has 1 amide bonds. The Morgan fingerprint density at radius 2 is 1.73 bits per heavy atom. The van der Waals surface area contributed by atoms with E-state index in [2.05, 4.69) is 47.5 Å². The first-order valence-electron chi connectivity index (χ1n) is 11.9. The fourth-order valence-corrected chi connectivity index (χ4v) is 5.71. The molecule has 0 atom stereocenters. The van der Waals surface area contributed by atoms with Crippen LogP contribution in [-0.2, 0) is 12.8 Å². The monoisotopic (exact) mass is 459 g/mol. The molecule has 1 fully saturated rings. The predicted octanol–water partition coefficient (Wildman–Crippen LogP) is 5.43. The number of carbonyl (C=O) groups excluding carboxylic acids is 1. The minimum atomic E-state index is -0.346. The largest absolute Gasteiger partial charge is 0.368 e. The molecule has 0 aromatic heterocycles. The van der Waals surface area contributed by atoms with Crippen LogP contribution in [0.2, 0.25) is 5.02 Å². The molecule has 1 aliphatic heterocycles. The third-order valence-corrected chi connectivity index (χ3v) is 7.26. The van der Waals surface area contributed by atoms with E-state index in [4.69, 9.17) is 17.3 Å². The third kappa shape index (κ3) is 3.81. The molecule has 5 rings (SSSR count). The Labute approximate surface area is 200 Å². The number of anilines is 1. The molecule has 1 heterocycles. The number of hydrogen-bond acceptors (Lipinski definition) is 3. The zero-order valence-corrected chi connectivity index (χ0v) is 19.8. The smallest absolute Gasteiger partial charge is 0.251 e. The molecule has 0 saturated carbocycles. The number of nitrogens with zero attached hydrogens (tertiary/aromatic N) is 1. The normalized spacial score (nSPS) is 14.8. The highest BCUT2D eigenvalue weighted by molar-refractivity contribution is 6.33. The Kier molecular flexibility index (Phi) is 6.13. The van der Waals surface area contributed by atoms with Crippen LogP contribution in [0.25, 0.3) is 22.3 Å². The van der Waals surface area contributed by atoms with Gasteiger partial charge in [-0.05, 0) is 52.3 Å². The number of amides is 1. The maximum atomic E-state index is 13.1. The summed E-state index contributed by atoms with van der Waals surface area (Å²) in [6.45, 7) is 5.70. The Morgan fingerprint density at radius 1 is 1.03 bits per heavy atom. The molecule has 0 spiro atoms. The second-order valence-corrected chi connectivity index (χ2v) is 9.36. The summed E-state index contributed by atoms with van der Waals surface area (Å²) in [5.41, 5.74) is 16.0. The number of nitrogens with one attached hydrogen (secondary N) is 1. The van der Waals surface area contributed by atoms with Crippen molar-refractivity contribution in [2.24, 2.45) is 5.73 Å². The Bertz CT molecular complexity index is 1210. The molecule has 0 bridgehead atoms. The van der Waals surface area contributed by atoms with Gasteiger partial charge < -0.3 is 16.0 Å². The molecule has 3 aromatic carbocycles. The molecule has 0 radical (unpaired) electrons. The predicted molar refractivity (Wildman–Crippen MR) is 137 cm³/mol. The number of primary amides is 1. The maximum Gasteiger partial charge on any atom is 0.251 e. The zero-order chi connectivity index (χ0) is 22.9. The summed E-state index contributed by atoms with van der Waals surface area (Å²) in [4.78, 5) is 15.5. The first kappa shape index (κ1) is 22.0. The van der Waals surface area contributed by atoms with E-state index in [0.717, 1.165) is 74.2 Å². The molecule has 33 heavy (non-hydrogen) atoms. The van der Waals surface area contributed by atoms with Gasteiger partial charge in [0.15, 0.2) is 0 Å². The van der Waals surface area contributed by atoms with Crippen LogP contribution >= 0.6 is 11.6 Å². The molecule has 0 unspecified atom stereocenters. The summed E-state index contributed by atoms with van der Waals surface area (Å²) in [7, 11) is 0. The number of fused-ring (bicyclic) bond motifs is 3. The van der Waals surface area contributed by atoms with E-state index in [9.17, 15) is 4.79 Å². The molecule has 1 saturated heterocycles. The lowest BCUT2D eigenvalue weighted by Crippen LogP contribution is -2.45. The van der Waals surface area contributed by atoms with Crippen LogP contribution in [0.1, 0.15) is 46.8 Å². The average molecular weight is 460 g/mol. The van der Waals surface area contributed by atoms with E-state index in [1.54, 1.807) is 0 Å². The molecule has 4 nitrogen and oxygen atoms in total. The fraction of sp³-hybridized carbons (Fsp3) is 0.321. The van der Waals surface area contributed by atoms with E-state index in [1.165, 1.54) is 22.3 Å². The second-order valence-electron chi connectivity index (χ2n) is 8.95. The van der Waals surface area contributed by atoms with Crippen LogP contribution in [0, 0.1) is 0 Å². The highest BCUT2D eigenvalue weighted by Gasteiger charge is 2.34. The van der Waals surface area contributed by atoms with Crippen LogP contribution in [0.4, 0.5) is 5.69 Å². The molecular formula is C28H30ClN3O. The number of nitrogens with two attached hydrogens (primary N) is 1. The van der Waals surface area contributed by atoms with Gasteiger partial charge >= 0.3 is 0 Å². The minimum absolute atomic E-state index is 0.346. The summed E-state index contributed by atoms with van der Waals surface area (Å²) < 4.78 is 0. The topological polar surface area (TPSA) is 58.4 Å². The van der Waals surface area contributed by atoms with Crippen molar-refractivity contribution in [1.29, 1.82) is 0 Å². The molecule has 5 heteroatoms. The highest BCUT2D eigenvalue weighted by atomic mass is 35.5. The number of rotatable bonds is 6. The van der Waals surface area contributed by atoms with Gasteiger partial charge in [0.25, 0.3) is 5.91 Å². The number of carbonyl (C=O) groups is 1. The average Bonchev–Trinajstić information content (AvgIpc) is 3.21. The first-order valence-corrected chi connectivity index (χ1v) is 12.3. The van der Waals surface area contributed by atoms with Crippen molar-refractivity contribution in [2.75, 3.05) is 31.1 Å². The summed E-state index contributed by atoms with van der Waals surface area (Å²) in [6, 6.07) is 16.6. The van der Waals surface area contributed by atoms with E-state index in [-0.39, 0.29) is 5.91 Å². The van der Waals surface area contributed by atoms with Gasteiger partial charge in [-0.25, -0.2) is 0 Å². The van der Waals surface area contributed by atoms with Crippen LogP contribution in [-0.4, -0.2) is 32.1 Å². The van der Waals surface area contributed by atoms with Gasteiger partial charge in [0.05, 0.1) is 11.3 Å². The second kappa shape index (κ2) is 9.20. The van der Waals surface area contributed by atoms with Gasteiger partial charge in [0.1, 0.15) is 0 Å². The lowest BCUT2D eigenvalue weighted by atomic mass is 9.83. The number of unbranched alkanes of at least 4 members (excludes halogenated alkanes) is 1. The van der Waals surface area contributed by atoms with Gasteiger partial charge in [-0.3, -0.25) is 4.79 Å². The summed E-state index contributed by atoms with van der Waals surface area (Å²) >= 11 is 6.78. The molecule has 3 aromatic rings. The molecule has 3 N–H and O–H groups in total. The van der Waals surface area contributed by atoms with Crippen molar-refractivity contribution in [2.45, 2.75) is 32.6 Å². The zero-order valence-electron chi connectivity index (χ0n) is 19.1. The SMILES string of the molecule is CCCCc1c(C(N)=O)c(N2CCNCC2)c2c(c1-c1ccccc1Cl)-c1ccccc1C2. The summed E-state index contributed by atoms with van der Waals surface area (Å²) in [6.07, 6.45) is 3.62. The van der Waals surface area contributed by atoms with E-state index in [0.29, 0.717) is 10.6 Å². The van der Waals surface area contributed by atoms with Crippen molar-refractivity contribution in [3.63, 3.8) is 0 Å². The Hall–Kier alpha value is -2.82. The van der Waals surface area contributed by atoms with Crippen molar-refractivity contribution in [3.8, 4) is 22.3 Å². The maximum absolute atomic E-state index is 13.1. The number of piperazine rings is 1. The third-order valence-electron chi connectivity index (χ3n) is 6.94. The lowest BCUT2D eigenvalue weighted by molar-refractivity contribution is 0.0999. The van der Waals surface area contributed by atoms with Gasteiger partial charge in [-0.1, -0.05) is 67.4 Å². The molecule has 2 aliphatic rings. The Balaban J connectivity index is 1.91. The van der Waals surface area contributed by atoms with Crippen molar-refractivity contribution < 1.29 is 4.79 Å². The van der Waals surface area contributed by atoms with Crippen LogP contribution < -0.4 is 16.0 Å². The number of benzene rings is 3. The van der Waals surface area contributed by atoms with Gasteiger partial charge in [0, 0.05) is 43.2 Å².